The summed E-state index contributed by atoms with van der Waals surface area (Å²) in [5.74, 6) is 0.204. The van der Waals surface area contributed by atoms with Gasteiger partial charge in [-0.25, -0.2) is 4.98 Å². The standard InChI is InChI=1S/C23H23N3O/c1-4-17-6-5-7-20(13-17)19-10-8-18(9-11-19)12-16(2)21-14-23(27)26(3)22(15-24)25-21/h5-11,13-14,16H,4,12H2,1-3H3/t16-/m0/s1. The normalized spacial score (nSPS) is 11.8. The van der Waals surface area contributed by atoms with Gasteiger partial charge in [-0.15, -0.1) is 0 Å². The van der Waals surface area contributed by atoms with Gasteiger partial charge < -0.3 is 0 Å². The maximum Gasteiger partial charge on any atom is 0.254 e. The molecular formula is C23H23N3O. The second-order valence-electron chi connectivity index (χ2n) is 6.87. The van der Waals surface area contributed by atoms with Crippen LogP contribution in [0.3, 0.4) is 0 Å². The first-order chi connectivity index (χ1) is 13.0. The monoisotopic (exact) mass is 357 g/mol. The van der Waals surface area contributed by atoms with E-state index in [1.807, 2.05) is 13.0 Å². The third kappa shape index (κ3) is 4.15. The Bertz CT molecular complexity index is 1040. The maximum atomic E-state index is 12.0. The van der Waals surface area contributed by atoms with Crippen molar-refractivity contribution in [3.8, 4) is 17.2 Å². The number of aromatic nitrogens is 2. The molecule has 0 N–H and O–H groups in total. The van der Waals surface area contributed by atoms with Gasteiger partial charge in [-0.05, 0) is 35.1 Å². The molecule has 1 atom stereocenters. The van der Waals surface area contributed by atoms with E-state index in [1.54, 1.807) is 7.05 Å². The molecule has 0 amide bonds. The topological polar surface area (TPSA) is 58.7 Å². The first kappa shape index (κ1) is 18.6. The van der Waals surface area contributed by atoms with E-state index in [-0.39, 0.29) is 17.3 Å². The lowest BCUT2D eigenvalue weighted by Gasteiger charge is -2.13. The van der Waals surface area contributed by atoms with Gasteiger partial charge in [0.05, 0.1) is 5.69 Å². The SMILES string of the molecule is CCc1cccc(-c2ccc(C[C@H](C)c3cc(=O)n(C)c(C#N)n3)cc2)c1. The lowest BCUT2D eigenvalue weighted by atomic mass is 9.95. The molecule has 3 aromatic rings. The minimum absolute atomic E-state index is 0.0558. The molecule has 1 heterocycles. The molecule has 0 aliphatic rings. The van der Waals surface area contributed by atoms with Gasteiger partial charge in [0.2, 0.25) is 5.82 Å². The Morgan fingerprint density at radius 1 is 1.07 bits per heavy atom. The molecule has 0 saturated carbocycles. The van der Waals surface area contributed by atoms with Crippen LogP contribution in [0.15, 0.2) is 59.4 Å². The van der Waals surface area contributed by atoms with Gasteiger partial charge in [0.25, 0.3) is 5.56 Å². The molecule has 0 unspecified atom stereocenters. The van der Waals surface area contributed by atoms with Crippen LogP contribution < -0.4 is 5.56 Å². The second kappa shape index (κ2) is 8.01. The van der Waals surface area contributed by atoms with E-state index in [9.17, 15) is 4.79 Å². The third-order valence-electron chi connectivity index (χ3n) is 4.92. The minimum Gasteiger partial charge on any atom is -0.287 e. The zero-order valence-electron chi connectivity index (χ0n) is 15.9. The lowest BCUT2D eigenvalue weighted by molar-refractivity contribution is 0.696. The lowest BCUT2D eigenvalue weighted by Crippen LogP contribution is -2.22. The molecule has 0 saturated heterocycles. The van der Waals surface area contributed by atoms with Gasteiger partial charge in [0.1, 0.15) is 6.07 Å². The Hall–Kier alpha value is -3.19. The van der Waals surface area contributed by atoms with Crippen molar-refractivity contribution in [2.24, 2.45) is 7.05 Å². The molecule has 1 aromatic heterocycles. The summed E-state index contributed by atoms with van der Waals surface area (Å²) in [6.07, 6.45) is 1.79. The van der Waals surface area contributed by atoms with Crippen molar-refractivity contribution in [1.82, 2.24) is 9.55 Å². The summed E-state index contributed by atoms with van der Waals surface area (Å²) in [7, 11) is 1.56. The van der Waals surface area contributed by atoms with Crippen molar-refractivity contribution in [3.05, 3.63) is 87.6 Å². The van der Waals surface area contributed by atoms with Crippen LogP contribution in [-0.4, -0.2) is 9.55 Å². The molecule has 0 aliphatic carbocycles. The fourth-order valence-electron chi connectivity index (χ4n) is 3.17. The summed E-state index contributed by atoms with van der Waals surface area (Å²) < 4.78 is 1.27. The first-order valence-electron chi connectivity index (χ1n) is 9.18. The molecule has 27 heavy (non-hydrogen) atoms. The molecule has 0 radical (unpaired) electrons. The molecular weight excluding hydrogens is 334 g/mol. The van der Waals surface area contributed by atoms with Gasteiger partial charge in [-0.2, -0.15) is 5.26 Å². The Morgan fingerprint density at radius 2 is 1.81 bits per heavy atom. The summed E-state index contributed by atoms with van der Waals surface area (Å²) in [5, 5.41) is 9.14. The first-order valence-corrected chi connectivity index (χ1v) is 9.18. The number of nitrogens with zero attached hydrogens (tertiary/aromatic N) is 3. The number of nitriles is 1. The van der Waals surface area contributed by atoms with Crippen LogP contribution in [-0.2, 0) is 19.9 Å². The highest BCUT2D eigenvalue weighted by molar-refractivity contribution is 5.64. The molecule has 4 nitrogen and oxygen atoms in total. The van der Waals surface area contributed by atoms with E-state index in [1.165, 1.54) is 32.9 Å². The van der Waals surface area contributed by atoms with E-state index < -0.39 is 0 Å². The van der Waals surface area contributed by atoms with E-state index in [4.69, 9.17) is 5.26 Å². The zero-order valence-corrected chi connectivity index (χ0v) is 15.9. The summed E-state index contributed by atoms with van der Waals surface area (Å²) in [6, 6.07) is 20.6. The average molecular weight is 357 g/mol. The van der Waals surface area contributed by atoms with E-state index >= 15 is 0 Å². The van der Waals surface area contributed by atoms with Crippen LogP contribution in [0.5, 0.6) is 0 Å². The number of benzene rings is 2. The quantitative estimate of drug-likeness (QED) is 0.687. The van der Waals surface area contributed by atoms with Crippen molar-refractivity contribution < 1.29 is 0 Å². The molecule has 2 aromatic carbocycles. The van der Waals surface area contributed by atoms with Crippen LogP contribution in [0.4, 0.5) is 0 Å². The van der Waals surface area contributed by atoms with Crippen LogP contribution in [0, 0.1) is 11.3 Å². The van der Waals surface area contributed by atoms with Crippen molar-refractivity contribution in [2.75, 3.05) is 0 Å². The van der Waals surface area contributed by atoms with Crippen LogP contribution in [0.2, 0.25) is 0 Å². The van der Waals surface area contributed by atoms with Crippen molar-refractivity contribution in [1.29, 1.82) is 5.26 Å². The van der Waals surface area contributed by atoms with Crippen molar-refractivity contribution >= 4 is 0 Å². The molecule has 4 heteroatoms. The fourth-order valence-corrected chi connectivity index (χ4v) is 3.17. The Morgan fingerprint density at radius 3 is 2.48 bits per heavy atom. The van der Waals surface area contributed by atoms with Gasteiger partial charge in [-0.1, -0.05) is 62.4 Å². The van der Waals surface area contributed by atoms with Gasteiger partial charge in [0.15, 0.2) is 0 Å². The van der Waals surface area contributed by atoms with Gasteiger partial charge in [0, 0.05) is 19.0 Å². The van der Waals surface area contributed by atoms with E-state index in [2.05, 4.69) is 60.4 Å². The number of aryl methyl sites for hydroxylation is 1. The summed E-state index contributed by atoms with van der Waals surface area (Å²) in [6.45, 7) is 4.19. The van der Waals surface area contributed by atoms with Gasteiger partial charge >= 0.3 is 0 Å². The zero-order chi connectivity index (χ0) is 19.4. The molecule has 0 aliphatic heterocycles. The molecule has 136 valence electrons. The van der Waals surface area contributed by atoms with E-state index in [0.717, 1.165) is 12.8 Å². The Balaban J connectivity index is 1.79. The second-order valence-corrected chi connectivity index (χ2v) is 6.87. The highest BCUT2D eigenvalue weighted by atomic mass is 16.1. The minimum atomic E-state index is -0.199. The van der Waals surface area contributed by atoms with Crippen LogP contribution in [0.25, 0.3) is 11.1 Å². The summed E-state index contributed by atoms with van der Waals surface area (Å²) in [5.41, 5.74) is 5.39. The van der Waals surface area contributed by atoms with Crippen LogP contribution in [0.1, 0.15) is 42.4 Å². The average Bonchev–Trinajstić information content (AvgIpc) is 2.70. The number of rotatable bonds is 5. The highest BCUT2D eigenvalue weighted by Crippen LogP contribution is 2.24. The van der Waals surface area contributed by atoms with Gasteiger partial charge in [-0.3, -0.25) is 9.36 Å². The number of hydrogen-bond donors (Lipinski definition) is 0. The molecule has 0 spiro atoms. The highest BCUT2D eigenvalue weighted by Gasteiger charge is 2.13. The maximum absolute atomic E-state index is 12.0. The summed E-state index contributed by atoms with van der Waals surface area (Å²) in [4.78, 5) is 16.3. The largest absolute Gasteiger partial charge is 0.287 e. The van der Waals surface area contributed by atoms with Crippen molar-refractivity contribution in [3.63, 3.8) is 0 Å². The Labute approximate surface area is 159 Å². The predicted octanol–water partition coefficient (Wildman–Crippen LogP) is 4.23. The van der Waals surface area contributed by atoms with Crippen molar-refractivity contribution in [2.45, 2.75) is 32.6 Å². The Kier molecular flexibility index (Phi) is 5.52. The van der Waals surface area contributed by atoms with E-state index in [0.29, 0.717) is 5.69 Å². The third-order valence-corrected chi connectivity index (χ3v) is 4.92. The van der Waals surface area contributed by atoms with Crippen LogP contribution >= 0.6 is 0 Å². The number of hydrogen-bond acceptors (Lipinski definition) is 3. The fraction of sp³-hybridized carbons (Fsp3) is 0.261. The molecule has 3 rings (SSSR count). The molecule has 0 bridgehead atoms. The predicted molar refractivity (Wildman–Crippen MR) is 108 cm³/mol. The molecule has 0 fully saturated rings. The smallest absolute Gasteiger partial charge is 0.254 e. The summed E-state index contributed by atoms with van der Waals surface area (Å²) >= 11 is 0.